The average molecular weight is 270 g/mol. The summed E-state index contributed by atoms with van der Waals surface area (Å²) < 4.78 is 10.1. The summed E-state index contributed by atoms with van der Waals surface area (Å²) in [4.78, 5) is 23.1. The van der Waals surface area contributed by atoms with E-state index in [1.54, 1.807) is 6.92 Å². The van der Waals surface area contributed by atoms with Crippen molar-refractivity contribution in [3.05, 3.63) is 0 Å². The van der Waals surface area contributed by atoms with Crippen molar-refractivity contribution in [1.82, 2.24) is 15.0 Å². The molecule has 19 heavy (non-hydrogen) atoms. The van der Waals surface area contributed by atoms with Crippen LogP contribution in [0.2, 0.25) is 0 Å². The predicted molar refractivity (Wildman–Crippen MR) is 68.5 cm³/mol. The average Bonchev–Trinajstić information content (AvgIpc) is 2.35. The van der Waals surface area contributed by atoms with Gasteiger partial charge in [-0.2, -0.15) is 15.0 Å². The Morgan fingerprint density at radius 2 is 2.00 bits per heavy atom. The van der Waals surface area contributed by atoms with Crippen LogP contribution in [-0.4, -0.2) is 40.2 Å². The van der Waals surface area contributed by atoms with Crippen LogP contribution in [0.4, 0.5) is 11.9 Å². The van der Waals surface area contributed by atoms with Crippen molar-refractivity contribution < 1.29 is 14.3 Å². The number of esters is 1. The number of rotatable bonds is 7. The number of hydrogen-bond donors (Lipinski definition) is 3. The molecule has 1 heterocycles. The summed E-state index contributed by atoms with van der Waals surface area (Å²) in [7, 11) is 0. The van der Waals surface area contributed by atoms with Gasteiger partial charge in [0.2, 0.25) is 11.9 Å². The molecule has 0 amide bonds. The second kappa shape index (κ2) is 7.31. The fourth-order valence-corrected chi connectivity index (χ4v) is 1.13. The first-order chi connectivity index (χ1) is 9.05. The molecule has 1 rings (SSSR count). The lowest BCUT2D eigenvalue weighted by atomic mass is 10.5. The first kappa shape index (κ1) is 14.9. The van der Waals surface area contributed by atoms with E-state index >= 15 is 0 Å². The second-order valence-electron chi connectivity index (χ2n) is 3.73. The van der Waals surface area contributed by atoms with Crippen LogP contribution < -0.4 is 21.3 Å². The molecule has 0 spiro atoms. The number of nitrogens with two attached hydrogens (primary N) is 1. The predicted octanol–water partition coefficient (Wildman–Crippen LogP) is -0.0806. The second-order valence-corrected chi connectivity index (χ2v) is 3.73. The van der Waals surface area contributed by atoms with Gasteiger partial charge in [0.05, 0.1) is 12.7 Å². The van der Waals surface area contributed by atoms with E-state index in [1.807, 2.05) is 13.8 Å². The van der Waals surface area contributed by atoms with Crippen molar-refractivity contribution in [2.24, 2.45) is 5.84 Å². The van der Waals surface area contributed by atoms with Crippen molar-refractivity contribution in [2.45, 2.75) is 26.9 Å². The van der Waals surface area contributed by atoms with Crippen molar-refractivity contribution in [1.29, 1.82) is 0 Å². The molecule has 0 saturated carbocycles. The number of ether oxygens (including phenoxy) is 2. The lowest BCUT2D eigenvalue weighted by Crippen LogP contribution is -2.20. The maximum absolute atomic E-state index is 11.2. The summed E-state index contributed by atoms with van der Waals surface area (Å²) in [6.45, 7) is 5.67. The molecule has 9 heteroatoms. The summed E-state index contributed by atoms with van der Waals surface area (Å²) in [5.74, 6) is 5.15. The molecule has 0 aliphatic rings. The van der Waals surface area contributed by atoms with Gasteiger partial charge in [-0.1, -0.05) is 0 Å². The molecule has 1 aromatic heterocycles. The van der Waals surface area contributed by atoms with E-state index < -0.39 is 5.97 Å². The monoisotopic (exact) mass is 270 g/mol. The van der Waals surface area contributed by atoms with Crippen LogP contribution in [0.1, 0.15) is 20.8 Å². The number of aromatic nitrogens is 3. The zero-order valence-corrected chi connectivity index (χ0v) is 11.1. The Labute approximate surface area is 110 Å². The van der Waals surface area contributed by atoms with Crippen LogP contribution in [0.25, 0.3) is 0 Å². The molecule has 4 N–H and O–H groups in total. The molecule has 1 aromatic rings. The Morgan fingerprint density at radius 3 is 2.58 bits per heavy atom. The van der Waals surface area contributed by atoms with Crippen molar-refractivity contribution in [3.63, 3.8) is 0 Å². The SMILES string of the molecule is CCOC(=O)CNc1nc(NN)nc(OC(C)C)n1. The number of nitrogens with zero attached hydrogens (tertiary/aromatic N) is 3. The number of carbonyl (C=O) groups excluding carboxylic acids is 1. The smallest absolute Gasteiger partial charge is 0.325 e. The number of anilines is 2. The Bertz CT molecular complexity index is 426. The molecule has 0 radical (unpaired) electrons. The molecular formula is C10H18N6O3. The fourth-order valence-electron chi connectivity index (χ4n) is 1.13. The van der Waals surface area contributed by atoms with Crippen LogP contribution in [0, 0.1) is 0 Å². The standard InChI is InChI=1S/C10H18N6O3/c1-4-18-7(17)5-12-8-13-9(16-11)15-10(14-8)19-6(2)3/h6H,4-5,11H2,1-3H3,(H2,12,13,14,15,16). The van der Waals surface area contributed by atoms with E-state index in [0.29, 0.717) is 6.61 Å². The molecule has 0 bridgehead atoms. The van der Waals surface area contributed by atoms with E-state index in [0.717, 1.165) is 0 Å². The quantitative estimate of drug-likeness (QED) is 0.354. The van der Waals surface area contributed by atoms with Crippen molar-refractivity contribution in [2.75, 3.05) is 23.9 Å². The molecule has 0 aliphatic heterocycles. The molecule has 0 atom stereocenters. The third kappa shape index (κ3) is 5.34. The lowest BCUT2D eigenvalue weighted by Gasteiger charge is -2.10. The maximum atomic E-state index is 11.2. The highest BCUT2D eigenvalue weighted by molar-refractivity contribution is 5.74. The number of hydrogen-bond acceptors (Lipinski definition) is 9. The number of nitrogens with one attached hydrogen (secondary N) is 2. The Hall–Kier alpha value is -2.16. The summed E-state index contributed by atoms with van der Waals surface area (Å²) in [5, 5.41) is 2.71. The summed E-state index contributed by atoms with van der Waals surface area (Å²) >= 11 is 0. The van der Waals surface area contributed by atoms with Gasteiger partial charge < -0.3 is 14.8 Å². The molecule has 0 aromatic carbocycles. The molecule has 9 nitrogen and oxygen atoms in total. The minimum atomic E-state index is -0.406. The van der Waals surface area contributed by atoms with Gasteiger partial charge >= 0.3 is 12.0 Å². The first-order valence-corrected chi connectivity index (χ1v) is 5.84. The zero-order chi connectivity index (χ0) is 14.3. The van der Waals surface area contributed by atoms with E-state index in [1.165, 1.54) is 0 Å². The van der Waals surface area contributed by atoms with Gasteiger partial charge in [0, 0.05) is 0 Å². The minimum Gasteiger partial charge on any atom is -0.465 e. The Kier molecular flexibility index (Phi) is 5.73. The Morgan fingerprint density at radius 1 is 1.32 bits per heavy atom. The van der Waals surface area contributed by atoms with Crippen LogP contribution >= 0.6 is 0 Å². The number of carbonyl (C=O) groups is 1. The van der Waals surface area contributed by atoms with Crippen molar-refractivity contribution >= 4 is 17.9 Å². The van der Waals surface area contributed by atoms with Crippen LogP contribution in [0.3, 0.4) is 0 Å². The molecular weight excluding hydrogens is 252 g/mol. The highest BCUT2D eigenvalue weighted by atomic mass is 16.5. The maximum Gasteiger partial charge on any atom is 0.325 e. The van der Waals surface area contributed by atoms with Gasteiger partial charge in [-0.15, -0.1) is 0 Å². The van der Waals surface area contributed by atoms with Crippen molar-refractivity contribution in [3.8, 4) is 6.01 Å². The molecule has 0 saturated heterocycles. The first-order valence-electron chi connectivity index (χ1n) is 5.84. The lowest BCUT2D eigenvalue weighted by molar-refractivity contribution is -0.140. The van der Waals surface area contributed by atoms with E-state index in [9.17, 15) is 4.79 Å². The third-order valence-electron chi connectivity index (χ3n) is 1.78. The highest BCUT2D eigenvalue weighted by Gasteiger charge is 2.09. The largest absolute Gasteiger partial charge is 0.465 e. The third-order valence-corrected chi connectivity index (χ3v) is 1.78. The van der Waals surface area contributed by atoms with Gasteiger partial charge in [0.25, 0.3) is 0 Å². The molecule has 0 unspecified atom stereocenters. The summed E-state index contributed by atoms with van der Waals surface area (Å²) in [5.41, 5.74) is 2.30. The minimum absolute atomic E-state index is 0.0526. The topological polar surface area (TPSA) is 124 Å². The van der Waals surface area contributed by atoms with Gasteiger partial charge in [0.15, 0.2) is 0 Å². The number of hydrazine groups is 1. The van der Waals surface area contributed by atoms with Crippen LogP contribution in [0.15, 0.2) is 0 Å². The molecule has 0 fully saturated rings. The molecule has 0 aliphatic carbocycles. The van der Waals surface area contributed by atoms with Gasteiger partial charge in [-0.3, -0.25) is 10.2 Å². The normalized spacial score (nSPS) is 10.2. The fraction of sp³-hybridized carbons (Fsp3) is 0.600. The number of nitrogen functional groups attached to an aromatic ring is 1. The highest BCUT2D eigenvalue weighted by Crippen LogP contribution is 2.11. The van der Waals surface area contributed by atoms with E-state index in [2.05, 4.69) is 25.7 Å². The zero-order valence-electron chi connectivity index (χ0n) is 11.1. The van der Waals surface area contributed by atoms with E-state index in [4.69, 9.17) is 15.3 Å². The van der Waals surface area contributed by atoms with Gasteiger partial charge in [0.1, 0.15) is 6.54 Å². The van der Waals surface area contributed by atoms with Gasteiger partial charge in [-0.25, -0.2) is 5.84 Å². The van der Waals surface area contributed by atoms with Crippen LogP contribution in [-0.2, 0) is 9.53 Å². The summed E-state index contributed by atoms with van der Waals surface area (Å²) in [6.07, 6.45) is -0.0917. The summed E-state index contributed by atoms with van der Waals surface area (Å²) in [6, 6.07) is 0.115. The Balaban J connectivity index is 2.73. The molecule has 106 valence electrons. The van der Waals surface area contributed by atoms with Gasteiger partial charge in [-0.05, 0) is 20.8 Å². The van der Waals surface area contributed by atoms with Crippen LogP contribution in [0.5, 0.6) is 6.01 Å². The van der Waals surface area contributed by atoms with E-state index in [-0.39, 0.29) is 30.6 Å².